The predicted octanol–water partition coefficient (Wildman–Crippen LogP) is 3.86. The Hall–Kier alpha value is -2.53. The molecule has 2 aromatic heterocycles. The first-order valence-corrected chi connectivity index (χ1v) is 6.43. The fraction of sp³-hybridized carbons (Fsp3) is 0.0667. The average molecular weight is 304 g/mol. The predicted molar refractivity (Wildman–Crippen MR) is 78.0 cm³/mol. The highest BCUT2D eigenvalue weighted by Gasteiger charge is 2.16. The number of fused-ring (bicyclic) bond motifs is 1. The second-order valence-corrected chi connectivity index (χ2v) is 4.75. The molecular weight excluding hydrogens is 294 g/mol. The van der Waals surface area contributed by atoms with E-state index in [-0.39, 0.29) is 5.56 Å². The van der Waals surface area contributed by atoms with E-state index in [1.54, 1.807) is 24.4 Å². The third-order valence-electron chi connectivity index (χ3n) is 3.08. The van der Waals surface area contributed by atoms with Gasteiger partial charge < -0.3 is 14.3 Å². The summed E-state index contributed by atoms with van der Waals surface area (Å²) in [6.45, 7) is 0. The van der Waals surface area contributed by atoms with Crippen molar-refractivity contribution in [1.29, 1.82) is 0 Å². The van der Waals surface area contributed by atoms with Crippen LogP contribution in [-0.2, 0) is 0 Å². The Morgan fingerprint density at radius 2 is 2.14 bits per heavy atom. The number of methoxy groups -OCH3 is 1. The maximum atomic E-state index is 11.1. The lowest BCUT2D eigenvalue weighted by Crippen LogP contribution is -1.97. The molecule has 0 radical (unpaired) electrons. The number of carboxylic acid groups (broad SMARTS) is 1. The Morgan fingerprint density at radius 3 is 2.81 bits per heavy atom. The molecule has 0 aliphatic rings. The molecule has 106 valence electrons. The minimum Gasteiger partial charge on any atom is -0.496 e. The third kappa shape index (κ3) is 2.32. The maximum Gasteiger partial charge on any atom is 0.335 e. The summed E-state index contributed by atoms with van der Waals surface area (Å²) in [6, 6.07) is 7.87. The summed E-state index contributed by atoms with van der Waals surface area (Å²) in [5, 5.41) is 9.54. The van der Waals surface area contributed by atoms with Gasteiger partial charge in [0, 0.05) is 12.3 Å². The number of aromatic nitrogens is 1. The van der Waals surface area contributed by atoms with Crippen LogP contribution in [-0.4, -0.2) is 23.2 Å². The van der Waals surface area contributed by atoms with Crippen molar-refractivity contribution in [3.63, 3.8) is 0 Å². The lowest BCUT2D eigenvalue weighted by atomic mass is 10.1. The van der Waals surface area contributed by atoms with E-state index in [0.717, 1.165) is 0 Å². The molecule has 0 saturated carbocycles. The number of furan rings is 1. The van der Waals surface area contributed by atoms with Gasteiger partial charge in [0.1, 0.15) is 17.0 Å². The van der Waals surface area contributed by atoms with Crippen LogP contribution in [0.5, 0.6) is 5.75 Å². The molecule has 6 heteroatoms. The van der Waals surface area contributed by atoms with Gasteiger partial charge in [0.2, 0.25) is 0 Å². The largest absolute Gasteiger partial charge is 0.496 e. The van der Waals surface area contributed by atoms with Crippen LogP contribution < -0.4 is 4.74 Å². The fourth-order valence-corrected chi connectivity index (χ4v) is 2.27. The Balaban J connectivity index is 2.23. The number of aromatic carboxylic acids is 1. The molecule has 5 nitrogen and oxygen atoms in total. The molecule has 3 aromatic rings. The zero-order chi connectivity index (χ0) is 15.0. The number of hydrogen-bond acceptors (Lipinski definition) is 4. The summed E-state index contributed by atoms with van der Waals surface area (Å²) < 4.78 is 10.9. The molecule has 0 amide bonds. The van der Waals surface area contributed by atoms with E-state index >= 15 is 0 Å². The van der Waals surface area contributed by atoms with Crippen LogP contribution in [0.25, 0.3) is 22.4 Å². The molecule has 0 bridgehead atoms. The summed E-state index contributed by atoms with van der Waals surface area (Å²) >= 11 is 6.05. The van der Waals surface area contributed by atoms with E-state index in [1.165, 1.54) is 19.2 Å². The molecule has 1 N–H and O–H groups in total. The number of nitrogens with zero attached hydrogens (tertiary/aromatic N) is 1. The average Bonchev–Trinajstić information content (AvgIpc) is 2.92. The van der Waals surface area contributed by atoms with Gasteiger partial charge >= 0.3 is 5.97 Å². The molecule has 21 heavy (non-hydrogen) atoms. The summed E-state index contributed by atoms with van der Waals surface area (Å²) in [7, 11) is 1.51. The number of rotatable bonds is 3. The van der Waals surface area contributed by atoms with Crippen LogP contribution in [0.3, 0.4) is 0 Å². The van der Waals surface area contributed by atoms with Crippen molar-refractivity contribution < 1.29 is 19.1 Å². The fourth-order valence-electron chi connectivity index (χ4n) is 2.07. The molecule has 3 rings (SSSR count). The molecule has 2 heterocycles. The van der Waals surface area contributed by atoms with Crippen LogP contribution in [0.15, 0.2) is 40.9 Å². The van der Waals surface area contributed by atoms with Gasteiger partial charge in [-0.2, -0.15) is 0 Å². The lowest BCUT2D eigenvalue weighted by Gasteiger charge is -2.06. The first-order valence-electron chi connectivity index (χ1n) is 6.06. The summed E-state index contributed by atoms with van der Waals surface area (Å²) in [5.41, 5.74) is 1.73. The zero-order valence-corrected chi connectivity index (χ0v) is 11.7. The van der Waals surface area contributed by atoms with E-state index in [0.29, 0.717) is 33.2 Å². The second kappa shape index (κ2) is 5.10. The first-order chi connectivity index (χ1) is 10.1. The number of carboxylic acids is 1. The van der Waals surface area contributed by atoms with Gasteiger partial charge in [0.25, 0.3) is 0 Å². The molecule has 0 atom stereocenters. The highest BCUT2D eigenvalue weighted by Crippen LogP contribution is 2.36. The zero-order valence-electron chi connectivity index (χ0n) is 11.0. The van der Waals surface area contributed by atoms with Crippen molar-refractivity contribution in [3.8, 4) is 17.1 Å². The van der Waals surface area contributed by atoms with E-state index < -0.39 is 5.97 Å². The molecule has 1 aromatic carbocycles. The van der Waals surface area contributed by atoms with E-state index in [9.17, 15) is 4.79 Å². The molecular formula is C15H10ClNO4. The van der Waals surface area contributed by atoms with Crippen molar-refractivity contribution in [1.82, 2.24) is 4.98 Å². The molecule has 0 spiro atoms. The Labute approximate surface area is 124 Å². The number of benzene rings is 1. The van der Waals surface area contributed by atoms with Crippen LogP contribution in [0.2, 0.25) is 5.02 Å². The Bertz CT molecular complexity index is 841. The molecule has 0 saturated heterocycles. The number of pyridine rings is 1. The van der Waals surface area contributed by atoms with Gasteiger partial charge in [-0.25, -0.2) is 4.79 Å². The van der Waals surface area contributed by atoms with Gasteiger partial charge in [-0.1, -0.05) is 11.6 Å². The van der Waals surface area contributed by atoms with Crippen molar-refractivity contribution in [2.24, 2.45) is 0 Å². The topological polar surface area (TPSA) is 72.6 Å². The minimum absolute atomic E-state index is 0.144. The molecule has 0 fully saturated rings. The maximum absolute atomic E-state index is 11.1. The summed E-state index contributed by atoms with van der Waals surface area (Å²) in [6.07, 6.45) is 1.58. The normalized spacial score (nSPS) is 10.8. The highest BCUT2D eigenvalue weighted by atomic mass is 35.5. The van der Waals surface area contributed by atoms with Crippen LogP contribution in [0.1, 0.15) is 10.4 Å². The second-order valence-electron chi connectivity index (χ2n) is 4.34. The minimum atomic E-state index is -1.02. The van der Waals surface area contributed by atoms with E-state index in [1.807, 2.05) is 0 Å². The van der Waals surface area contributed by atoms with Crippen molar-refractivity contribution in [2.75, 3.05) is 7.11 Å². The quantitative estimate of drug-likeness (QED) is 0.795. The number of hydrogen-bond donors (Lipinski definition) is 1. The Morgan fingerprint density at radius 1 is 1.33 bits per heavy atom. The summed E-state index contributed by atoms with van der Waals surface area (Å²) in [4.78, 5) is 15.3. The third-order valence-corrected chi connectivity index (χ3v) is 3.37. The van der Waals surface area contributed by atoms with Crippen molar-refractivity contribution in [3.05, 3.63) is 47.1 Å². The first kappa shape index (κ1) is 13.5. The van der Waals surface area contributed by atoms with Gasteiger partial charge in [0.15, 0.2) is 5.58 Å². The standard InChI is InChI=1S/C15H10ClNO4/c1-20-12-3-2-8(15(18)19)6-9(12)13-7-11-14(21-13)10(16)4-5-17-11/h2-7H,1H3,(H,18,19). The van der Waals surface area contributed by atoms with Crippen molar-refractivity contribution >= 4 is 28.7 Å². The van der Waals surface area contributed by atoms with Crippen molar-refractivity contribution in [2.45, 2.75) is 0 Å². The lowest BCUT2D eigenvalue weighted by molar-refractivity contribution is 0.0697. The number of halogens is 1. The van der Waals surface area contributed by atoms with Gasteiger partial charge in [-0.3, -0.25) is 4.98 Å². The highest BCUT2D eigenvalue weighted by molar-refractivity contribution is 6.34. The van der Waals surface area contributed by atoms with E-state index in [4.69, 9.17) is 25.9 Å². The monoisotopic (exact) mass is 303 g/mol. The van der Waals surface area contributed by atoms with Gasteiger partial charge in [-0.05, 0) is 24.3 Å². The smallest absolute Gasteiger partial charge is 0.335 e. The van der Waals surface area contributed by atoms with Crippen LogP contribution in [0.4, 0.5) is 0 Å². The Kier molecular flexibility index (Phi) is 3.27. The van der Waals surface area contributed by atoms with Gasteiger partial charge in [0.05, 0.1) is 23.3 Å². The van der Waals surface area contributed by atoms with Gasteiger partial charge in [-0.15, -0.1) is 0 Å². The van der Waals surface area contributed by atoms with E-state index in [2.05, 4.69) is 4.98 Å². The molecule has 0 unspecified atom stereocenters. The SMILES string of the molecule is COc1ccc(C(=O)O)cc1-c1cc2nccc(Cl)c2o1. The molecule has 0 aliphatic carbocycles. The number of carbonyl (C=O) groups is 1. The summed E-state index contributed by atoms with van der Waals surface area (Å²) in [5.74, 6) is -0.0631. The molecule has 0 aliphatic heterocycles. The number of ether oxygens (including phenoxy) is 1. The van der Waals surface area contributed by atoms with Crippen LogP contribution >= 0.6 is 11.6 Å². The van der Waals surface area contributed by atoms with Crippen LogP contribution in [0, 0.1) is 0 Å².